The fraction of sp³-hybridized carbons (Fsp3) is 0.182. The van der Waals surface area contributed by atoms with Gasteiger partial charge in [0.25, 0.3) is 0 Å². The molecule has 0 spiro atoms. The van der Waals surface area contributed by atoms with Crippen molar-refractivity contribution >= 4 is 38.9 Å². The highest BCUT2D eigenvalue weighted by Crippen LogP contribution is 2.49. The van der Waals surface area contributed by atoms with Crippen LogP contribution in [0.2, 0.25) is 5.02 Å². The van der Waals surface area contributed by atoms with E-state index in [0.29, 0.717) is 35.1 Å². The van der Waals surface area contributed by atoms with Crippen LogP contribution in [0.25, 0.3) is 0 Å². The van der Waals surface area contributed by atoms with Gasteiger partial charge in [0, 0.05) is 5.02 Å². The highest BCUT2D eigenvalue weighted by Gasteiger charge is 2.44. The summed E-state index contributed by atoms with van der Waals surface area (Å²) in [4.78, 5) is 0. The molecule has 4 rings (SSSR count). The van der Waals surface area contributed by atoms with Gasteiger partial charge in [0.1, 0.15) is 0 Å². The van der Waals surface area contributed by atoms with Gasteiger partial charge in [0.2, 0.25) is 0 Å². The molecule has 0 saturated carbocycles. The van der Waals surface area contributed by atoms with Crippen molar-refractivity contribution in [2.24, 2.45) is 0 Å². The molecule has 1 atom stereocenters. The quantitative estimate of drug-likeness (QED) is 0.609. The van der Waals surface area contributed by atoms with E-state index in [0.717, 1.165) is 5.56 Å². The smallest absolute Gasteiger partial charge is 0.320 e. The molecular weight excluding hydrogens is 406 g/mol. The summed E-state index contributed by atoms with van der Waals surface area (Å²) in [5.74, 6) is 0. The first-order valence-corrected chi connectivity index (χ1v) is 11.2. The molecule has 7 heteroatoms. The van der Waals surface area contributed by atoms with Crippen LogP contribution in [0.15, 0.2) is 78.9 Å². The van der Waals surface area contributed by atoms with Crippen molar-refractivity contribution in [2.75, 3.05) is 22.2 Å². The normalized spacial score (nSPS) is 15.9. The number of nitrogens with one attached hydrogen (secondary N) is 1. The van der Waals surface area contributed by atoms with Crippen molar-refractivity contribution in [1.82, 2.24) is 5.32 Å². The molecule has 29 heavy (non-hydrogen) atoms. The molecule has 1 aliphatic heterocycles. The number of benzene rings is 3. The summed E-state index contributed by atoms with van der Waals surface area (Å²) in [6.45, 7) is 0.689. The fourth-order valence-electron chi connectivity index (χ4n) is 3.71. The number of hydrogen-bond donors (Lipinski definition) is 1. The van der Waals surface area contributed by atoms with E-state index >= 15 is 0 Å². The predicted molar refractivity (Wildman–Crippen MR) is 119 cm³/mol. The van der Waals surface area contributed by atoms with Crippen molar-refractivity contribution in [1.29, 1.82) is 0 Å². The first kappa shape index (κ1) is 19.8. The molecule has 0 saturated heterocycles. The Morgan fingerprint density at radius 3 is 2.17 bits per heavy atom. The molecule has 0 radical (unpaired) electrons. The molecular formula is C22H22ClN3O2S. The van der Waals surface area contributed by atoms with E-state index in [4.69, 9.17) is 11.6 Å². The molecule has 5 nitrogen and oxygen atoms in total. The van der Waals surface area contributed by atoms with Gasteiger partial charge in [-0.05, 0) is 62.0 Å². The zero-order valence-corrected chi connectivity index (χ0v) is 17.6. The number of rotatable bonds is 6. The Morgan fingerprint density at radius 2 is 1.52 bits per heavy atom. The molecule has 0 aliphatic carbocycles. The Kier molecular flexibility index (Phi) is 5.50. The lowest BCUT2D eigenvalue weighted by Gasteiger charge is -2.30. The third-order valence-corrected chi connectivity index (χ3v) is 7.08. The van der Waals surface area contributed by atoms with Crippen LogP contribution in [0.3, 0.4) is 0 Å². The minimum atomic E-state index is -3.83. The number of hydrogen-bond acceptors (Lipinski definition) is 3. The van der Waals surface area contributed by atoms with E-state index in [2.05, 4.69) is 5.32 Å². The first-order valence-electron chi connectivity index (χ1n) is 9.43. The van der Waals surface area contributed by atoms with Crippen LogP contribution < -0.4 is 13.9 Å². The van der Waals surface area contributed by atoms with Gasteiger partial charge in [-0.25, -0.2) is 8.61 Å². The minimum absolute atomic E-state index is 0.327. The fourth-order valence-corrected chi connectivity index (χ4v) is 5.76. The van der Waals surface area contributed by atoms with Crippen LogP contribution in [0.5, 0.6) is 0 Å². The van der Waals surface area contributed by atoms with Crippen molar-refractivity contribution in [3.8, 4) is 0 Å². The van der Waals surface area contributed by atoms with Crippen molar-refractivity contribution in [2.45, 2.75) is 12.5 Å². The maximum absolute atomic E-state index is 13.8. The molecule has 150 valence electrons. The Labute approximate surface area is 176 Å². The molecule has 3 aromatic rings. The van der Waals surface area contributed by atoms with E-state index in [9.17, 15) is 8.42 Å². The van der Waals surface area contributed by atoms with Crippen LogP contribution in [-0.4, -0.2) is 22.0 Å². The molecule has 1 heterocycles. The molecule has 0 bridgehead atoms. The maximum Gasteiger partial charge on any atom is 0.331 e. The summed E-state index contributed by atoms with van der Waals surface area (Å²) in [6.07, 6.45) is 0.641. The molecule has 3 aromatic carbocycles. The van der Waals surface area contributed by atoms with E-state index in [1.54, 1.807) is 28.6 Å². The molecule has 0 fully saturated rings. The summed E-state index contributed by atoms with van der Waals surface area (Å²) < 4.78 is 30.6. The number of fused-ring (bicyclic) bond motifs is 1. The SMILES string of the molecule is CNCC[C@H](c1ccccc1)N1c2ccccc2N(c2ccc(Cl)cc2)S1(=O)=O. The molecule has 0 amide bonds. The van der Waals surface area contributed by atoms with Crippen molar-refractivity contribution < 1.29 is 8.42 Å². The summed E-state index contributed by atoms with van der Waals surface area (Å²) >= 11 is 6.02. The monoisotopic (exact) mass is 427 g/mol. The second-order valence-electron chi connectivity index (χ2n) is 6.85. The van der Waals surface area contributed by atoms with E-state index < -0.39 is 10.2 Å². The highest BCUT2D eigenvalue weighted by molar-refractivity contribution is 7.95. The Bertz CT molecular complexity index is 1090. The van der Waals surface area contributed by atoms with E-state index in [1.165, 1.54) is 4.31 Å². The third kappa shape index (κ3) is 3.59. The van der Waals surface area contributed by atoms with Crippen LogP contribution in [-0.2, 0) is 10.2 Å². The highest BCUT2D eigenvalue weighted by atomic mass is 35.5. The lowest BCUT2D eigenvalue weighted by Crippen LogP contribution is -2.39. The van der Waals surface area contributed by atoms with Crippen molar-refractivity contribution in [3.05, 3.63) is 89.4 Å². The van der Waals surface area contributed by atoms with E-state index in [1.807, 2.05) is 61.6 Å². The number of nitrogens with zero attached hydrogens (tertiary/aromatic N) is 2. The summed E-state index contributed by atoms with van der Waals surface area (Å²) in [7, 11) is -1.97. The number of anilines is 3. The molecule has 1 N–H and O–H groups in total. The van der Waals surface area contributed by atoms with Gasteiger partial charge in [0.15, 0.2) is 0 Å². The van der Waals surface area contributed by atoms with Gasteiger partial charge in [0.05, 0.1) is 23.1 Å². The van der Waals surface area contributed by atoms with Gasteiger partial charge in [-0.2, -0.15) is 8.42 Å². The third-order valence-electron chi connectivity index (χ3n) is 5.01. The van der Waals surface area contributed by atoms with Crippen LogP contribution >= 0.6 is 11.6 Å². The van der Waals surface area contributed by atoms with Gasteiger partial charge < -0.3 is 5.32 Å². The largest absolute Gasteiger partial charge is 0.331 e. The Hall–Kier alpha value is -2.54. The van der Waals surface area contributed by atoms with Crippen molar-refractivity contribution in [3.63, 3.8) is 0 Å². The zero-order valence-electron chi connectivity index (χ0n) is 16.0. The second-order valence-corrected chi connectivity index (χ2v) is 8.94. The van der Waals surface area contributed by atoms with Gasteiger partial charge in [-0.3, -0.25) is 0 Å². The number of halogens is 1. The topological polar surface area (TPSA) is 52.6 Å². The minimum Gasteiger partial charge on any atom is -0.320 e. The molecule has 0 aromatic heterocycles. The maximum atomic E-state index is 13.8. The second kappa shape index (κ2) is 8.06. The number of para-hydroxylation sites is 2. The predicted octanol–water partition coefficient (Wildman–Crippen LogP) is 4.89. The van der Waals surface area contributed by atoms with Crippen LogP contribution in [0.4, 0.5) is 17.1 Å². The molecule has 1 aliphatic rings. The standard InChI is InChI=1S/C22H22ClN3O2S/c1-24-16-15-20(17-7-3-2-4-8-17)26-22-10-6-5-9-21(22)25(29(26,27)28)19-13-11-18(23)12-14-19/h2-14,20,24H,15-16H2,1H3/t20-/m1/s1. The molecule has 0 unspecified atom stereocenters. The lowest BCUT2D eigenvalue weighted by molar-refractivity contribution is 0.565. The summed E-state index contributed by atoms with van der Waals surface area (Å²) in [5, 5.41) is 3.70. The van der Waals surface area contributed by atoms with Gasteiger partial charge >= 0.3 is 10.2 Å². The average molecular weight is 428 g/mol. The first-order chi connectivity index (χ1) is 14.0. The van der Waals surface area contributed by atoms with Gasteiger partial charge in [-0.15, -0.1) is 0 Å². The Morgan fingerprint density at radius 1 is 0.897 bits per heavy atom. The average Bonchev–Trinajstić information content (AvgIpc) is 2.97. The lowest BCUT2D eigenvalue weighted by atomic mass is 10.0. The van der Waals surface area contributed by atoms with Gasteiger partial charge in [-0.1, -0.05) is 54.1 Å². The zero-order chi connectivity index (χ0) is 20.4. The van der Waals surface area contributed by atoms with Crippen LogP contribution in [0, 0.1) is 0 Å². The van der Waals surface area contributed by atoms with Crippen LogP contribution in [0.1, 0.15) is 18.0 Å². The summed E-state index contributed by atoms with van der Waals surface area (Å²) in [6, 6.07) is 23.7. The summed E-state index contributed by atoms with van der Waals surface area (Å²) in [5.41, 5.74) is 2.83. The van der Waals surface area contributed by atoms with E-state index in [-0.39, 0.29) is 6.04 Å². The Balaban J connectivity index is 1.87.